The quantitative estimate of drug-likeness (QED) is 0.0809. The number of alkyl halides is 1. The summed E-state index contributed by atoms with van der Waals surface area (Å²) in [6.07, 6.45) is 10.5. The van der Waals surface area contributed by atoms with Gasteiger partial charge in [-0.1, -0.05) is 38.1 Å². The molecule has 356 valence electrons. The maximum absolute atomic E-state index is 15.8. The number of anilines is 3. The van der Waals surface area contributed by atoms with Gasteiger partial charge in [-0.2, -0.15) is 4.98 Å². The van der Waals surface area contributed by atoms with Crippen LogP contribution >= 0.6 is 0 Å². The van der Waals surface area contributed by atoms with Crippen molar-refractivity contribution in [3.63, 3.8) is 0 Å². The van der Waals surface area contributed by atoms with Gasteiger partial charge in [0.1, 0.15) is 28.4 Å². The number of carbonyl (C=O) groups is 2. The Bertz CT molecular complexity index is 2720. The van der Waals surface area contributed by atoms with Crippen LogP contribution in [-0.4, -0.2) is 122 Å². The molecule has 9 rings (SSSR count). The highest BCUT2D eigenvalue weighted by atomic mass is 32.2. The SMILES string of the molecule is CC(C)c1ccccc1C1CCCN1C1CC2(CCN(c3ccc(C(=O)NS(=O)(=O)c4ccc(NCC5(F)CCN(C(=O)CN(C)C)CC5)c(N)c4)c(Oc4cnc5[nH]ccc5c4)n3)CC2)C1. The van der Waals surface area contributed by atoms with Gasteiger partial charge in [0.15, 0.2) is 0 Å². The van der Waals surface area contributed by atoms with E-state index in [0.29, 0.717) is 54.0 Å². The summed E-state index contributed by atoms with van der Waals surface area (Å²) in [5, 5.41) is 3.81. The molecule has 3 aliphatic heterocycles. The highest BCUT2D eigenvalue weighted by molar-refractivity contribution is 7.90. The molecule has 0 radical (unpaired) electrons. The summed E-state index contributed by atoms with van der Waals surface area (Å²) in [7, 11) is -0.811. The van der Waals surface area contributed by atoms with Gasteiger partial charge in [0.05, 0.1) is 29.0 Å². The first-order valence-electron chi connectivity index (χ1n) is 23.6. The second-order valence-electron chi connectivity index (χ2n) is 19.7. The average molecular weight is 935 g/mol. The van der Waals surface area contributed by atoms with Gasteiger partial charge in [0.2, 0.25) is 11.8 Å². The number of aromatic amines is 1. The summed E-state index contributed by atoms with van der Waals surface area (Å²) >= 11 is 0. The second kappa shape index (κ2) is 18.7. The summed E-state index contributed by atoms with van der Waals surface area (Å²) in [6.45, 7) is 8.11. The van der Waals surface area contributed by atoms with Gasteiger partial charge in [-0.15, -0.1) is 0 Å². The number of benzene rings is 2. The normalized spacial score (nSPS) is 19.8. The first-order valence-corrected chi connectivity index (χ1v) is 25.1. The number of piperidine rings is 2. The Hall–Kier alpha value is -5.78. The number of pyridine rings is 2. The lowest BCUT2D eigenvalue weighted by Crippen LogP contribution is -2.55. The molecular formula is C50H63FN10O5S. The lowest BCUT2D eigenvalue weighted by Gasteiger charge is -2.56. The maximum Gasteiger partial charge on any atom is 0.270 e. The molecule has 4 fully saturated rings. The molecule has 1 saturated carbocycles. The Morgan fingerprint density at radius 1 is 0.985 bits per heavy atom. The number of likely N-dealkylation sites (tertiary alicyclic amines) is 2. The Labute approximate surface area is 392 Å². The van der Waals surface area contributed by atoms with Gasteiger partial charge in [-0.3, -0.25) is 14.5 Å². The number of sulfonamides is 1. The zero-order valence-electron chi connectivity index (χ0n) is 38.9. The van der Waals surface area contributed by atoms with E-state index in [4.69, 9.17) is 15.5 Å². The Balaban J connectivity index is 0.859. The van der Waals surface area contributed by atoms with Crippen LogP contribution in [0.15, 0.2) is 84.0 Å². The van der Waals surface area contributed by atoms with Crippen molar-refractivity contribution in [2.45, 2.75) is 93.8 Å². The van der Waals surface area contributed by atoms with Crippen LogP contribution in [-0.2, 0) is 14.8 Å². The number of rotatable bonds is 14. The third-order valence-electron chi connectivity index (χ3n) is 14.5. The third kappa shape index (κ3) is 9.95. The fourth-order valence-corrected chi connectivity index (χ4v) is 11.7. The summed E-state index contributed by atoms with van der Waals surface area (Å²) < 4.78 is 51.7. The van der Waals surface area contributed by atoms with E-state index >= 15 is 4.39 Å². The first kappa shape index (κ1) is 46.3. The molecule has 17 heteroatoms. The van der Waals surface area contributed by atoms with Crippen molar-refractivity contribution < 1.29 is 27.1 Å². The lowest BCUT2D eigenvalue weighted by molar-refractivity contribution is -0.134. The van der Waals surface area contributed by atoms with Crippen molar-refractivity contribution in [3.05, 3.63) is 95.8 Å². The Morgan fingerprint density at radius 2 is 1.75 bits per heavy atom. The maximum atomic E-state index is 15.8. The van der Waals surface area contributed by atoms with Crippen LogP contribution in [0, 0.1) is 5.41 Å². The minimum Gasteiger partial charge on any atom is -0.436 e. The molecule has 1 spiro atoms. The molecule has 3 aromatic heterocycles. The van der Waals surface area contributed by atoms with Crippen molar-refractivity contribution >= 4 is 50.1 Å². The molecule has 1 unspecified atom stereocenters. The lowest BCUT2D eigenvalue weighted by atomic mass is 9.60. The van der Waals surface area contributed by atoms with E-state index in [1.807, 2.05) is 20.2 Å². The van der Waals surface area contributed by atoms with Gasteiger partial charge in [-0.05, 0) is 124 Å². The average Bonchev–Trinajstić information content (AvgIpc) is 3.98. The van der Waals surface area contributed by atoms with Crippen LogP contribution in [0.25, 0.3) is 11.0 Å². The monoisotopic (exact) mass is 934 g/mol. The van der Waals surface area contributed by atoms with Crippen LogP contribution in [0.3, 0.4) is 0 Å². The number of nitrogens with zero attached hydrogens (tertiary/aromatic N) is 6. The molecule has 2 amide bonds. The number of halogens is 1. The number of ether oxygens (including phenoxy) is 1. The minimum absolute atomic E-state index is 0.0418. The summed E-state index contributed by atoms with van der Waals surface area (Å²) in [6, 6.07) is 20.9. The number of aromatic nitrogens is 3. The molecule has 0 bridgehead atoms. The van der Waals surface area contributed by atoms with Gasteiger partial charge < -0.3 is 35.5 Å². The molecule has 15 nitrogen and oxygen atoms in total. The highest BCUT2D eigenvalue weighted by Gasteiger charge is 2.50. The van der Waals surface area contributed by atoms with Gasteiger partial charge in [-0.25, -0.2) is 22.5 Å². The Morgan fingerprint density at radius 3 is 2.48 bits per heavy atom. The van der Waals surface area contributed by atoms with E-state index < -0.39 is 21.6 Å². The van der Waals surface area contributed by atoms with Crippen LogP contribution in [0.1, 0.15) is 98.7 Å². The van der Waals surface area contributed by atoms with E-state index in [-0.39, 0.29) is 59.3 Å². The number of nitrogens with one attached hydrogen (secondary N) is 3. The molecule has 67 heavy (non-hydrogen) atoms. The standard InChI is InChI=1S/C50H63FN10O5S/c1-33(2)38-8-5-6-9-39(38)43-10-7-21-61(43)35-28-49(29-35)16-22-59(23-17-49)44-14-12-40(48(56-44)66-36-26-34-15-20-53-46(34)54-30-36)47(63)57-67(64,65)37-11-13-42(41(52)27-37)55-32-50(51)18-24-60(25-19-50)45(62)31-58(3)4/h5-6,8-9,11-15,20,26-27,30,33,35,43,55H,7,10,16-19,21-25,28-29,31-32,52H2,1-4H3,(H,53,54)(H,57,63). The summed E-state index contributed by atoms with van der Waals surface area (Å²) in [5.41, 5.74) is 8.96. The molecule has 3 saturated heterocycles. The third-order valence-corrected chi connectivity index (χ3v) is 15.9. The number of nitrogens with two attached hydrogens (primary N) is 1. The van der Waals surface area contributed by atoms with Crippen LogP contribution in [0.5, 0.6) is 11.6 Å². The number of nitrogen functional groups attached to an aromatic ring is 1. The zero-order valence-corrected chi connectivity index (χ0v) is 39.7. The van der Waals surface area contributed by atoms with Crippen molar-refractivity contribution in [3.8, 4) is 11.6 Å². The first-order chi connectivity index (χ1) is 32.1. The number of H-pyrrole nitrogens is 1. The van der Waals surface area contributed by atoms with Crippen LogP contribution < -0.4 is 25.4 Å². The molecule has 1 aliphatic carbocycles. The number of likely N-dealkylation sites (N-methyl/N-ethyl adjacent to an activating group) is 1. The number of fused-ring (bicyclic) bond motifs is 1. The highest BCUT2D eigenvalue weighted by Crippen LogP contribution is 2.54. The largest absolute Gasteiger partial charge is 0.436 e. The van der Waals surface area contributed by atoms with E-state index in [2.05, 4.69) is 67.9 Å². The number of hydrogen-bond donors (Lipinski definition) is 4. The van der Waals surface area contributed by atoms with E-state index in [1.165, 1.54) is 61.2 Å². The summed E-state index contributed by atoms with van der Waals surface area (Å²) in [5.74, 6) is 0.424. The van der Waals surface area contributed by atoms with E-state index in [0.717, 1.165) is 37.9 Å². The molecule has 5 N–H and O–H groups in total. The van der Waals surface area contributed by atoms with Crippen molar-refractivity contribution in [2.24, 2.45) is 5.41 Å². The fourth-order valence-electron chi connectivity index (χ4n) is 10.7. The Kier molecular flexibility index (Phi) is 12.9. The van der Waals surface area contributed by atoms with Crippen LogP contribution in [0.4, 0.5) is 21.6 Å². The van der Waals surface area contributed by atoms with Crippen molar-refractivity contribution in [2.75, 3.05) is 75.9 Å². The van der Waals surface area contributed by atoms with Crippen molar-refractivity contribution in [1.29, 1.82) is 0 Å². The molecule has 5 aromatic rings. The summed E-state index contributed by atoms with van der Waals surface area (Å²) in [4.78, 5) is 47.0. The molecule has 1 atom stereocenters. The smallest absolute Gasteiger partial charge is 0.270 e. The van der Waals surface area contributed by atoms with E-state index in [9.17, 15) is 18.0 Å². The minimum atomic E-state index is -4.44. The molecular weight excluding hydrogens is 872 g/mol. The van der Waals surface area contributed by atoms with E-state index in [1.54, 1.807) is 34.2 Å². The number of hydrogen-bond acceptors (Lipinski definition) is 12. The fraction of sp³-hybridized carbons (Fsp3) is 0.480. The van der Waals surface area contributed by atoms with Gasteiger partial charge >= 0.3 is 0 Å². The number of amides is 2. The van der Waals surface area contributed by atoms with Gasteiger partial charge in [0.25, 0.3) is 15.9 Å². The predicted octanol–water partition coefficient (Wildman–Crippen LogP) is 7.46. The number of carbonyl (C=O) groups excluding carboxylic acids is 2. The van der Waals surface area contributed by atoms with Crippen molar-refractivity contribution in [1.82, 2.24) is 34.4 Å². The molecule has 2 aromatic carbocycles. The molecule has 6 heterocycles. The second-order valence-corrected chi connectivity index (χ2v) is 21.4. The van der Waals surface area contributed by atoms with Gasteiger partial charge in [0, 0.05) is 69.2 Å². The predicted molar refractivity (Wildman–Crippen MR) is 259 cm³/mol. The topological polar surface area (TPSA) is 182 Å². The zero-order chi connectivity index (χ0) is 47.1. The molecule has 4 aliphatic rings. The van der Waals surface area contributed by atoms with Crippen LogP contribution in [0.2, 0.25) is 0 Å².